The maximum Gasteiger partial charge on any atom is 0.419 e. The van der Waals surface area contributed by atoms with Gasteiger partial charge in [0, 0.05) is 0 Å². The fourth-order valence-electron chi connectivity index (χ4n) is 0.721. The Labute approximate surface area is 81.9 Å². The van der Waals surface area contributed by atoms with Gasteiger partial charge in [0.25, 0.3) is 7.63 Å². The van der Waals surface area contributed by atoms with Crippen LogP contribution in [0.2, 0.25) is 26.2 Å². The molecule has 11 heavy (non-hydrogen) atoms. The first-order valence-electron chi connectivity index (χ1n) is 3.49. The topological polar surface area (TPSA) is 18.5 Å². The molecule has 0 fully saturated rings. The number of hydrogen-bond acceptors (Lipinski definition) is 2. The molecule has 2 nitrogen and oxygen atoms in total. The van der Waals surface area contributed by atoms with Crippen molar-refractivity contribution in [2.45, 2.75) is 26.2 Å². The Bertz CT molecular complexity index is 125. The van der Waals surface area contributed by atoms with E-state index in [2.05, 4.69) is 0 Å². The van der Waals surface area contributed by atoms with Gasteiger partial charge in [-0.25, -0.2) is 0 Å². The van der Waals surface area contributed by atoms with Crippen LogP contribution in [-0.4, -0.2) is 25.3 Å². The standard InChI is InChI=1S/C4H14Cl2O2Si3/c1-9-7-11(4,6)8-10(2,3)5/h9H2,1-4H3. The molecule has 0 saturated heterocycles. The van der Waals surface area contributed by atoms with Gasteiger partial charge in [0.2, 0.25) is 0 Å². The molecule has 1 unspecified atom stereocenters. The Morgan fingerprint density at radius 3 is 1.91 bits per heavy atom. The molecule has 1 atom stereocenters. The summed E-state index contributed by atoms with van der Waals surface area (Å²) in [4.78, 5) is 0. The van der Waals surface area contributed by atoms with E-state index < -0.39 is 25.3 Å². The zero-order valence-electron chi connectivity index (χ0n) is 7.28. The minimum atomic E-state index is -2.38. The molecular weight excluding hydrogens is 235 g/mol. The molecule has 0 amide bonds. The normalized spacial score (nSPS) is 19.1. The van der Waals surface area contributed by atoms with Crippen molar-refractivity contribution in [3.8, 4) is 0 Å². The lowest BCUT2D eigenvalue weighted by Gasteiger charge is -2.26. The first-order valence-corrected chi connectivity index (χ1v) is 12.7. The molecule has 0 aliphatic rings. The molecule has 7 heteroatoms. The van der Waals surface area contributed by atoms with Gasteiger partial charge < -0.3 is 8.23 Å². The van der Waals surface area contributed by atoms with Crippen molar-refractivity contribution in [3.05, 3.63) is 0 Å². The van der Waals surface area contributed by atoms with Crippen molar-refractivity contribution in [2.24, 2.45) is 0 Å². The van der Waals surface area contributed by atoms with Gasteiger partial charge in [-0.1, -0.05) is 6.55 Å². The number of halogens is 2. The summed E-state index contributed by atoms with van der Waals surface area (Å²) in [5.74, 6) is 0. The number of hydrogen-bond donors (Lipinski definition) is 0. The van der Waals surface area contributed by atoms with Crippen LogP contribution >= 0.6 is 22.2 Å². The second kappa shape index (κ2) is 4.40. The highest BCUT2D eigenvalue weighted by molar-refractivity contribution is 7.23. The summed E-state index contributed by atoms with van der Waals surface area (Å²) in [7, 11) is -4.90. The zero-order chi connectivity index (χ0) is 9.12. The van der Waals surface area contributed by atoms with Crippen molar-refractivity contribution >= 4 is 47.4 Å². The Balaban J connectivity index is 3.91. The van der Waals surface area contributed by atoms with E-state index in [-0.39, 0.29) is 0 Å². The molecule has 0 saturated carbocycles. The van der Waals surface area contributed by atoms with Crippen molar-refractivity contribution < 1.29 is 8.23 Å². The van der Waals surface area contributed by atoms with Crippen LogP contribution < -0.4 is 0 Å². The molecule has 0 spiro atoms. The average Bonchev–Trinajstić information content (AvgIpc) is 1.55. The molecule has 0 aromatic rings. The maximum atomic E-state index is 6.00. The zero-order valence-corrected chi connectivity index (χ0v) is 12.2. The largest absolute Gasteiger partial charge is 0.431 e. The highest BCUT2D eigenvalue weighted by Crippen LogP contribution is 2.21. The quantitative estimate of drug-likeness (QED) is 0.559. The smallest absolute Gasteiger partial charge is 0.419 e. The lowest BCUT2D eigenvalue weighted by molar-refractivity contribution is 0.439. The predicted octanol–water partition coefficient (Wildman–Crippen LogP) is 1.90. The Morgan fingerprint density at radius 1 is 1.18 bits per heavy atom. The third kappa shape index (κ3) is 7.51. The van der Waals surface area contributed by atoms with Crippen LogP contribution in [0.25, 0.3) is 0 Å². The summed E-state index contributed by atoms with van der Waals surface area (Å²) in [6.07, 6.45) is 0. The van der Waals surface area contributed by atoms with Crippen LogP contribution in [0.4, 0.5) is 0 Å². The number of rotatable bonds is 4. The van der Waals surface area contributed by atoms with Crippen molar-refractivity contribution in [2.75, 3.05) is 0 Å². The maximum absolute atomic E-state index is 6.00. The van der Waals surface area contributed by atoms with Gasteiger partial charge in [-0.15, -0.1) is 22.2 Å². The SMILES string of the molecule is C[SiH2]O[Si](C)(Cl)O[Si](C)(C)Cl. The van der Waals surface area contributed by atoms with Crippen LogP contribution in [0.5, 0.6) is 0 Å². The van der Waals surface area contributed by atoms with Gasteiger partial charge >= 0.3 is 7.87 Å². The van der Waals surface area contributed by atoms with E-state index in [9.17, 15) is 0 Å². The lowest BCUT2D eigenvalue weighted by atomic mass is 11.9. The van der Waals surface area contributed by atoms with Gasteiger partial charge in [-0.2, -0.15) is 0 Å². The second-order valence-corrected chi connectivity index (χ2v) is 14.5. The Morgan fingerprint density at radius 2 is 1.64 bits per heavy atom. The third-order valence-corrected chi connectivity index (χ3v) is 9.82. The monoisotopic (exact) mass is 248 g/mol. The molecule has 0 radical (unpaired) electrons. The van der Waals surface area contributed by atoms with E-state index in [1.54, 1.807) is 0 Å². The molecular formula is C4H14Cl2O2Si3. The molecule has 0 aromatic carbocycles. The summed E-state index contributed by atoms with van der Waals surface area (Å²) in [6, 6.07) is 0. The lowest BCUT2D eigenvalue weighted by Crippen LogP contribution is -2.42. The van der Waals surface area contributed by atoms with Crippen LogP contribution in [0.3, 0.4) is 0 Å². The first-order chi connectivity index (χ1) is 4.77. The third-order valence-electron chi connectivity index (χ3n) is 0.827. The fourth-order valence-corrected chi connectivity index (χ4v) is 11.4. The molecule has 0 aliphatic carbocycles. The first kappa shape index (κ1) is 12.2. The molecule has 0 bridgehead atoms. The van der Waals surface area contributed by atoms with Crippen LogP contribution in [0.15, 0.2) is 0 Å². The van der Waals surface area contributed by atoms with E-state index in [0.29, 0.717) is 0 Å². The van der Waals surface area contributed by atoms with E-state index in [1.807, 2.05) is 26.2 Å². The average molecular weight is 249 g/mol. The summed E-state index contributed by atoms with van der Waals surface area (Å²) in [5.41, 5.74) is 0. The van der Waals surface area contributed by atoms with E-state index in [0.717, 1.165) is 0 Å². The Kier molecular flexibility index (Phi) is 4.87. The summed E-state index contributed by atoms with van der Waals surface area (Å²) in [5, 5.41) is 0. The van der Waals surface area contributed by atoms with E-state index >= 15 is 0 Å². The molecule has 68 valence electrons. The predicted molar refractivity (Wildman–Crippen MR) is 57.4 cm³/mol. The molecule has 0 N–H and O–H groups in total. The van der Waals surface area contributed by atoms with Gasteiger partial charge in [0.1, 0.15) is 9.76 Å². The fraction of sp³-hybridized carbons (Fsp3) is 1.00. The van der Waals surface area contributed by atoms with E-state index in [1.165, 1.54) is 0 Å². The molecule has 0 aliphatic heterocycles. The minimum absolute atomic E-state index is 0.491. The summed E-state index contributed by atoms with van der Waals surface area (Å²) >= 11 is 12.0. The van der Waals surface area contributed by atoms with E-state index in [4.69, 9.17) is 30.4 Å². The highest BCUT2D eigenvalue weighted by atomic mass is 35.6. The molecule has 0 rings (SSSR count). The van der Waals surface area contributed by atoms with Crippen molar-refractivity contribution in [3.63, 3.8) is 0 Å². The van der Waals surface area contributed by atoms with Gasteiger partial charge in [-0.3, -0.25) is 0 Å². The van der Waals surface area contributed by atoms with Gasteiger partial charge in [-0.05, 0) is 19.6 Å². The molecule has 0 aromatic heterocycles. The Hall–Kier alpha value is 1.15. The van der Waals surface area contributed by atoms with Crippen LogP contribution in [0.1, 0.15) is 0 Å². The highest BCUT2D eigenvalue weighted by Gasteiger charge is 2.35. The van der Waals surface area contributed by atoms with Gasteiger partial charge in [0.05, 0.1) is 0 Å². The minimum Gasteiger partial charge on any atom is -0.431 e. The van der Waals surface area contributed by atoms with Gasteiger partial charge in [0.15, 0.2) is 0 Å². The summed E-state index contributed by atoms with van der Waals surface area (Å²) in [6.45, 7) is 7.63. The summed E-state index contributed by atoms with van der Waals surface area (Å²) < 4.78 is 10.9. The van der Waals surface area contributed by atoms with Crippen LogP contribution in [-0.2, 0) is 8.23 Å². The molecule has 0 heterocycles. The van der Waals surface area contributed by atoms with Crippen LogP contribution in [0, 0.1) is 0 Å². The second-order valence-electron chi connectivity index (χ2n) is 2.73. The van der Waals surface area contributed by atoms with Crippen molar-refractivity contribution in [1.29, 1.82) is 0 Å². The van der Waals surface area contributed by atoms with Crippen molar-refractivity contribution in [1.82, 2.24) is 0 Å².